The molecule has 7 heteroatoms. The monoisotopic (exact) mass is 272 g/mol. The zero-order valence-corrected chi connectivity index (χ0v) is 10.4. The van der Waals surface area contributed by atoms with Gasteiger partial charge in [-0.3, -0.25) is 19.9 Å². The largest absolute Gasteiger partial charge is 0.398 e. The molecule has 0 saturated carbocycles. The molecule has 20 heavy (non-hydrogen) atoms. The Morgan fingerprint density at radius 3 is 2.60 bits per heavy atom. The molecule has 1 amide bonds. The van der Waals surface area contributed by atoms with Gasteiger partial charge in [0.05, 0.1) is 10.5 Å². The number of nitrogen functional groups attached to an aromatic ring is 1. The van der Waals surface area contributed by atoms with Crippen LogP contribution in [0.1, 0.15) is 15.9 Å². The Morgan fingerprint density at radius 2 is 2.00 bits per heavy atom. The lowest BCUT2D eigenvalue weighted by molar-refractivity contribution is -0.384. The molecule has 2 rings (SSSR count). The summed E-state index contributed by atoms with van der Waals surface area (Å²) in [7, 11) is 0. The predicted molar refractivity (Wildman–Crippen MR) is 72.9 cm³/mol. The standard InChI is InChI=1S/C13H12N4O3/c14-12-5-6-15-8-11(12)13(18)16-7-9-1-3-10(4-2-9)17(19)20/h1-6,8H,7H2,(H2,14,15)(H,16,18). The maximum absolute atomic E-state index is 11.9. The summed E-state index contributed by atoms with van der Waals surface area (Å²) in [6.45, 7) is 0.255. The number of rotatable bonds is 4. The Balaban J connectivity index is 2.00. The van der Waals surface area contributed by atoms with E-state index in [0.29, 0.717) is 11.3 Å². The second-order valence-corrected chi connectivity index (χ2v) is 4.07. The number of nitro benzene ring substituents is 1. The first-order chi connectivity index (χ1) is 9.58. The van der Waals surface area contributed by atoms with Crippen LogP contribution in [0.3, 0.4) is 0 Å². The molecule has 2 aromatic rings. The van der Waals surface area contributed by atoms with Crippen molar-refractivity contribution >= 4 is 17.3 Å². The van der Waals surface area contributed by atoms with Gasteiger partial charge in [-0.1, -0.05) is 12.1 Å². The Labute approximate surface area is 114 Å². The van der Waals surface area contributed by atoms with Crippen LogP contribution >= 0.6 is 0 Å². The molecule has 0 aliphatic rings. The van der Waals surface area contributed by atoms with Crippen molar-refractivity contribution in [3.05, 3.63) is 64.0 Å². The first kappa shape index (κ1) is 13.5. The third kappa shape index (κ3) is 3.08. The van der Waals surface area contributed by atoms with Gasteiger partial charge in [0.2, 0.25) is 0 Å². The highest BCUT2D eigenvalue weighted by atomic mass is 16.6. The lowest BCUT2D eigenvalue weighted by Crippen LogP contribution is -2.23. The van der Waals surface area contributed by atoms with Crippen LogP contribution in [-0.4, -0.2) is 15.8 Å². The molecule has 1 heterocycles. The Morgan fingerprint density at radius 1 is 1.30 bits per heavy atom. The molecule has 0 spiro atoms. The molecule has 0 radical (unpaired) electrons. The number of nitrogens with two attached hydrogens (primary N) is 1. The van der Waals surface area contributed by atoms with E-state index in [1.807, 2.05) is 0 Å². The van der Waals surface area contributed by atoms with E-state index in [2.05, 4.69) is 10.3 Å². The number of non-ortho nitro benzene ring substituents is 1. The van der Waals surface area contributed by atoms with Gasteiger partial charge < -0.3 is 11.1 Å². The van der Waals surface area contributed by atoms with Crippen LogP contribution < -0.4 is 11.1 Å². The Hall–Kier alpha value is -2.96. The van der Waals surface area contributed by atoms with E-state index in [0.717, 1.165) is 5.56 Å². The molecule has 0 unspecified atom stereocenters. The van der Waals surface area contributed by atoms with Crippen molar-refractivity contribution in [2.45, 2.75) is 6.54 Å². The van der Waals surface area contributed by atoms with Gasteiger partial charge >= 0.3 is 0 Å². The van der Waals surface area contributed by atoms with Gasteiger partial charge in [-0.25, -0.2) is 0 Å². The number of pyridine rings is 1. The van der Waals surface area contributed by atoms with E-state index in [9.17, 15) is 14.9 Å². The van der Waals surface area contributed by atoms with Crippen LogP contribution in [0.5, 0.6) is 0 Å². The molecule has 0 aliphatic heterocycles. The fourth-order valence-corrected chi connectivity index (χ4v) is 1.61. The molecule has 7 nitrogen and oxygen atoms in total. The van der Waals surface area contributed by atoms with Crippen molar-refractivity contribution in [1.82, 2.24) is 10.3 Å². The van der Waals surface area contributed by atoms with E-state index < -0.39 is 4.92 Å². The number of hydrogen-bond donors (Lipinski definition) is 2. The number of nitro groups is 1. The topological polar surface area (TPSA) is 111 Å². The lowest BCUT2D eigenvalue weighted by Gasteiger charge is -2.06. The van der Waals surface area contributed by atoms with Gasteiger partial charge in [-0.15, -0.1) is 0 Å². The van der Waals surface area contributed by atoms with Crippen LogP contribution in [0.15, 0.2) is 42.7 Å². The SMILES string of the molecule is Nc1ccncc1C(=O)NCc1ccc([N+](=O)[O-])cc1. The summed E-state index contributed by atoms with van der Waals surface area (Å²) < 4.78 is 0. The van der Waals surface area contributed by atoms with Crippen molar-refractivity contribution in [2.24, 2.45) is 0 Å². The van der Waals surface area contributed by atoms with Gasteiger partial charge in [0.1, 0.15) is 0 Å². The minimum Gasteiger partial charge on any atom is -0.398 e. The zero-order chi connectivity index (χ0) is 14.5. The smallest absolute Gasteiger partial charge is 0.269 e. The average Bonchev–Trinajstić information content (AvgIpc) is 2.45. The normalized spacial score (nSPS) is 10.0. The molecule has 0 saturated heterocycles. The van der Waals surface area contributed by atoms with E-state index in [-0.39, 0.29) is 18.1 Å². The number of aromatic nitrogens is 1. The van der Waals surface area contributed by atoms with Crippen LogP contribution in [0.2, 0.25) is 0 Å². The summed E-state index contributed by atoms with van der Waals surface area (Å²) >= 11 is 0. The van der Waals surface area contributed by atoms with Crippen LogP contribution in [0.4, 0.5) is 11.4 Å². The van der Waals surface area contributed by atoms with Gasteiger partial charge in [0.15, 0.2) is 0 Å². The average molecular weight is 272 g/mol. The number of anilines is 1. The van der Waals surface area contributed by atoms with Gasteiger partial charge in [-0.05, 0) is 11.6 Å². The third-order valence-corrected chi connectivity index (χ3v) is 2.70. The molecular formula is C13H12N4O3. The quantitative estimate of drug-likeness (QED) is 0.647. The highest BCUT2D eigenvalue weighted by Gasteiger charge is 2.09. The van der Waals surface area contributed by atoms with Crippen molar-refractivity contribution < 1.29 is 9.72 Å². The van der Waals surface area contributed by atoms with Crippen molar-refractivity contribution in [3.8, 4) is 0 Å². The minimum absolute atomic E-state index is 0.0107. The number of nitrogens with zero attached hydrogens (tertiary/aromatic N) is 2. The van der Waals surface area contributed by atoms with Crippen LogP contribution in [0, 0.1) is 10.1 Å². The number of carbonyl (C=O) groups excluding carboxylic acids is 1. The molecular weight excluding hydrogens is 260 g/mol. The lowest BCUT2D eigenvalue weighted by atomic mass is 10.2. The maximum Gasteiger partial charge on any atom is 0.269 e. The van der Waals surface area contributed by atoms with E-state index in [1.54, 1.807) is 18.2 Å². The maximum atomic E-state index is 11.9. The van der Waals surface area contributed by atoms with E-state index in [4.69, 9.17) is 5.73 Å². The molecule has 3 N–H and O–H groups in total. The predicted octanol–water partition coefficient (Wildman–Crippen LogP) is 1.50. The summed E-state index contributed by atoms with van der Waals surface area (Å²) in [5.74, 6) is -0.339. The first-order valence-corrected chi connectivity index (χ1v) is 5.79. The molecule has 0 aliphatic carbocycles. The number of nitrogens with one attached hydrogen (secondary N) is 1. The van der Waals surface area contributed by atoms with Crippen molar-refractivity contribution in [2.75, 3.05) is 5.73 Å². The summed E-state index contributed by atoms with van der Waals surface area (Å²) in [4.78, 5) is 25.8. The Kier molecular flexibility index (Phi) is 3.90. The second-order valence-electron chi connectivity index (χ2n) is 4.07. The Bertz CT molecular complexity index is 640. The third-order valence-electron chi connectivity index (χ3n) is 2.70. The second kappa shape index (κ2) is 5.79. The molecule has 1 aromatic carbocycles. The molecule has 102 valence electrons. The molecule has 1 aromatic heterocycles. The number of carbonyl (C=O) groups is 1. The fourth-order valence-electron chi connectivity index (χ4n) is 1.61. The number of benzene rings is 1. The van der Waals surface area contributed by atoms with Crippen LogP contribution in [0.25, 0.3) is 0 Å². The van der Waals surface area contributed by atoms with Gasteiger partial charge in [0, 0.05) is 36.8 Å². The van der Waals surface area contributed by atoms with Crippen molar-refractivity contribution in [1.29, 1.82) is 0 Å². The van der Waals surface area contributed by atoms with E-state index >= 15 is 0 Å². The summed E-state index contributed by atoms with van der Waals surface area (Å²) in [5, 5.41) is 13.2. The van der Waals surface area contributed by atoms with Crippen molar-refractivity contribution in [3.63, 3.8) is 0 Å². The highest BCUT2D eigenvalue weighted by Crippen LogP contribution is 2.12. The van der Waals surface area contributed by atoms with Crippen LogP contribution in [-0.2, 0) is 6.54 Å². The summed E-state index contributed by atoms with van der Waals surface area (Å²) in [6.07, 6.45) is 2.89. The summed E-state index contributed by atoms with van der Waals surface area (Å²) in [6, 6.07) is 7.50. The number of amides is 1. The van der Waals surface area contributed by atoms with Gasteiger partial charge in [-0.2, -0.15) is 0 Å². The molecule has 0 fully saturated rings. The van der Waals surface area contributed by atoms with E-state index in [1.165, 1.54) is 24.5 Å². The highest BCUT2D eigenvalue weighted by molar-refractivity contribution is 5.98. The van der Waals surface area contributed by atoms with Gasteiger partial charge in [0.25, 0.3) is 11.6 Å². The first-order valence-electron chi connectivity index (χ1n) is 5.79. The number of hydrogen-bond acceptors (Lipinski definition) is 5. The fraction of sp³-hybridized carbons (Fsp3) is 0.0769. The zero-order valence-electron chi connectivity index (χ0n) is 10.4. The minimum atomic E-state index is -0.474. The summed E-state index contributed by atoms with van der Waals surface area (Å²) in [5.41, 5.74) is 7.08. The molecule has 0 bridgehead atoms. The molecule has 0 atom stereocenters.